The quantitative estimate of drug-likeness (QED) is 0.241. The molecule has 41 heavy (non-hydrogen) atoms. The van der Waals surface area contributed by atoms with E-state index in [2.05, 4.69) is 10.3 Å². The number of anilines is 2. The number of aromatic carboxylic acids is 1. The smallest absolute Gasteiger partial charge is 0.339 e. The molecule has 0 aliphatic carbocycles. The fourth-order valence-corrected chi connectivity index (χ4v) is 4.80. The first-order valence-corrected chi connectivity index (χ1v) is 12.6. The number of nitrogens with zero attached hydrogens (tertiary/aromatic N) is 3. The summed E-state index contributed by atoms with van der Waals surface area (Å²) in [6.07, 6.45) is 3.26. The van der Waals surface area contributed by atoms with Gasteiger partial charge in [0.2, 0.25) is 5.95 Å². The van der Waals surface area contributed by atoms with Crippen LogP contribution < -0.4 is 14.8 Å². The molecule has 1 aliphatic rings. The summed E-state index contributed by atoms with van der Waals surface area (Å²) in [6, 6.07) is 18.6. The molecular formula is C31H23FN4O5. The second-order valence-corrected chi connectivity index (χ2v) is 9.13. The van der Waals surface area contributed by atoms with Crippen LogP contribution in [0.4, 0.5) is 16.0 Å². The van der Waals surface area contributed by atoms with Crippen molar-refractivity contribution < 1.29 is 28.2 Å². The molecule has 0 radical (unpaired) electrons. The van der Waals surface area contributed by atoms with E-state index < -0.39 is 11.8 Å². The summed E-state index contributed by atoms with van der Waals surface area (Å²) in [7, 11) is 2.90. The van der Waals surface area contributed by atoms with Crippen molar-refractivity contribution in [1.82, 2.24) is 9.97 Å². The number of furan rings is 1. The van der Waals surface area contributed by atoms with Crippen LogP contribution in [0.1, 0.15) is 27.0 Å². The Kier molecular flexibility index (Phi) is 6.64. The number of fused-ring (bicyclic) bond motifs is 3. The van der Waals surface area contributed by atoms with Crippen molar-refractivity contribution >= 4 is 23.3 Å². The highest BCUT2D eigenvalue weighted by atomic mass is 19.1. The van der Waals surface area contributed by atoms with Crippen LogP contribution >= 0.6 is 0 Å². The summed E-state index contributed by atoms with van der Waals surface area (Å²) in [5, 5.41) is 12.5. The molecule has 0 atom stereocenters. The minimum absolute atomic E-state index is 0.0374. The molecule has 204 valence electrons. The molecule has 9 nitrogen and oxygen atoms in total. The molecule has 3 aromatic carbocycles. The Balaban J connectivity index is 1.48. The Morgan fingerprint density at radius 3 is 2.61 bits per heavy atom. The van der Waals surface area contributed by atoms with Crippen LogP contribution in [-0.2, 0) is 6.54 Å². The van der Waals surface area contributed by atoms with Crippen LogP contribution in [0.25, 0.3) is 22.6 Å². The first-order chi connectivity index (χ1) is 20.0. The van der Waals surface area contributed by atoms with Gasteiger partial charge in [0.1, 0.15) is 28.6 Å². The van der Waals surface area contributed by atoms with Crippen LogP contribution in [0.5, 0.6) is 11.5 Å². The van der Waals surface area contributed by atoms with Gasteiger partial charge in [-0.2, -0.15) is 0 Å². The topological polar surface area (TPSA) is 119 Å². The molecule has 2 aromatic heterocycles. The zero-order valence-electron chi connectivity index (χ0n) is 22.0. The number of aromatic nitrogens is 2. The van der Waals surface area contributed by atoms with Crippen LogP contribution in [0, 0.1) is 5.82 Å². The zero-order chi connectivity index (χ0) is 28.5. The van der Waals surface area contributed by atoms with Crippen molar-refractivity contribution in [3.05, 3.63) is 107 Å². The van der Waals surface area contributed by atoms with Gasteiger partial charge in [-0.3, -0.25) is 4.99 Å². The summed E-state index contributed by atoms with van der Waals surface area (Å²) in [5.41, 5.74) is 4.77. The molecule has 1 aliphatic heterocycles. The maximum atomic E-state index is 15.3. The molecule has 3 heterocycles. The highest BCUT2D eigenvalue weighted by Crippen LogP contribution is 2.37. The normalized spacial score (nSPS) is 12.0. The minimum Gasteiger partial charge on any atom is -0.496 e. The van der Waals surface area contributed by atoms with Crippen molar-refractivity contribution in [1.29, 1.82) is 0 Å². The Hall–Kier alpha value is -5.51. The van der Waals surface area contributed by atoms with Crippen molar-refractivity contribution in [3.63, 3.8) is 0 Å². The van der Waals surface area contributed by atoms with Gasteiger partial charge in [0.05, 0.1) is 44.0 Å². The lowest BCUT2D eigenvalue weighted by atomic mass is 9.92. The van der Waals surface area contributed by atoms with Gasteiger partial charge in [-0.25, -0.2) is 19.2 Å². The number of carbonyl (C=O) groups is 1. The van der Waals surface area contributed by atoms with Gasteiger partial charge in [0, 0.05) is 40.2 Å². The van der Waals surface area contributed by atoms with Crippen molar-refractivity contribution in [3.8, 4) is 34.1 Å². The van der Waals surface area contributed by atoms with Crippen LogP contribution in [-0.4, -0.2) is 41.0 Å². The number of rotatable bonds is 7. The molecule has 0 bridgehead atoms. The molecular weight excluding hydrogens is 527 g/mol. The monoisotopic (exact) mass is 550 g/mol. The summed E-state index contributed by atoms with van der Waals surface area (Å²) >= 11 is 0. The third kappa shape index (κ3) is 4.76. The number of hydrogen-bond acceptors (Lipinski definition) is 8. The minimum atomic E-state index is -1.09. The van der Waals surface area contributed by atoms with Crippen LogP contribution in [0.2, 0.25) is 0 Å². The number of hydrogen-bond donors (Lipinski definition) is 2. The first kappa shape index (κ1) is 25.8. The predicted octanol–water partition coefficient (Wildman–Crippen LogP) is 6.35. The van der Waals surface area contributed by atoms with Crippen molar-refractivity contribution in [2.24, 2.45) is 4.99 Å². The molecule has 10 heteroatoms. The zero-order valence-corrected chi connectivity index (χ0v) is 22.0. The number of benzene rings is 3. The molecule has 0 saturated carbocycles. The summed E-state index contributed by atoms with van der Waals surface area (Å²) in [4.78, 5) is 25.6. The first-order valence-electron chi connectivity index (χ1n) is 12.6. The van der Waals surface area contributed by atoms with Gasteiger partial charge in [-0.05, 0) is 42.5 Å². The molecule has 0 fully saturated rings. The van der Waals surface area contributed by atoms with Gasteiger partial charge >= 0.3 is 5.97 Å². The van der Waals surface area contributed by atoms with Crippen LogP contribution in [0.3, 0.4) is 0 Å². The Bertz CT molecular complexity index is 1820. The predicted molar refractivity (Wildman–Crippen MR) is 151 cm³/mol. The number of nitrogens with one attached hydrogen (secondary N) is 1. The van der Waals surface area contributed by atoms with Gasteiger partial charge in [0.15, 0.2) is 0 Å². The van der Waals surface area contributed by atoms with E-state index in [1.54, 1.807) is 42.8 Å². The second-order valence-electron chi connectivity index (χ2n) is 9.13. The number of halogens is 1. The van der Waals surface area contributed by atoms with Gasteiger partial charge in [0.25, 0.3) is 0 Å². The second kappa shape index (κ2) is 10.6. The van der Waals surface area contributed by atoms with E-state index in [1.807, 2.05) is 24.3 Å². The summed E-state index contributed by atoms with van der Waals surface area (Å²) < 4.78 is 31.7. The fourth-order valence-electron chi connectivity index (χ4n) is 4.80. The summed E-state index contributed by atoms with van der Waals surface area (Å²) in [5.74, 6) is -0.0675. The Morgan fingerprint density at radius 2 is 1.85 bits per heavy atom. The van der Waals surface area contributed by atoms with E-state index in [1.165, 1.54) is 26.4 Å². The Labute approximate surface area is 234 Å². The lowest BCUT2D eigenvalue weighted by Crippen LogP contribution is -2.10. The number of ether oxygens (including phenoxy) is 2. The van der Waals surface area contributed by atoms with Crippen molar-refractivity contribution in [2.75, 3.05) is 19.5 Å². The average Bonchev–Trinajstić information content (AvgIpc) is 3.48. The van der Waals surface area contributed by atoms with E-state index in [4.69, 9.17) is 23.9 Å². The maximum Gasteiger partial charge on any atom is 0.339 e. The molecule has 2 N–H and O–H groups in total. The SMILES string of the molecule is COc1cc(Nc2ncc3c(n2)-c2ccc(-c4ccco4)cc2C(c2c(F)cccc2OC)=NC3)ccc1C(=O)O. The summed E-state index contributed by atoms with van der Waals surface area (Å²) in [6.45, 7) is 0.203. The average molecular weight is 551 g/mol. The molecule has 0 unspecified atom stereocenters. The number of methoxy groups -OCH3 is 2. The standard InChI is InChI=1S/C31H23FN4O5/c1-39-25-6-3-5-23(32)27(25)29-22-13-17(24-7-4-12-41-24)8-10-20(22)28-18(15-33-29)16-34-31(36-28)35-19-9-11-21(30(37)38)26(14-19)40-2/h3-14,16H,15H2,1-2H3,(H,37,38)(H,34,35,36). The van der Waals surface area contributed by atoms with E-state index in [0.29, 0.717) is 34.2 Å². The third-order valence-electron chi connectivity index (χ3n) is 6.73. The maximum absolute atomic E-state index is 15.3. The number of aliphatic imine (C=N–C) groups is 1. The van der Waals surface area contributed by atoms with Gasteiger partial charge in [-0.15, -0.1) is 0 Å². The van der Waals surface area contributed by atoms with E-state index >= 15 is 4.39 Å². The fraction of sp³-hybridized carbons (Fsp3) is 0.0968. The van der Waals surface area contributed by atoms with E-state index in [-0.39, 0.29) is 29.4 Å². The Morgan fingerprint density at radius 1 is 1.00 bits per heavy atom. The largest absolute Gasteiger partial charge is 0.496 e. The molecule has 0 spiro atoms. The number of carboxylic acids is 1. The highest BCUT2D eigenvalue weighted by Gasteiger charge is 2.26. The van der Waals surface area contributed by atoms with Gasteiger partial charge < -0.3 is 24.3 Å². The molecule has 0 saturated heterocycles. The van der Waals surface area contributed by atoms with Crippen molar-refractivity contribution in [2.45, 2.75) is 6.54 Å². The lowest BCUT2D eigenvalue weighted by Gasteiger charge is -2.16. The number of carboxylic acid groups (broad SMARTS) is 1. The lowest BCUT2D eigenvalue weighted by molar-refractivity contribution is 0.0693. The van der Waals surface area contributed by atoms with E-state index in [9.17, 15) is 9.90 Å². The highest BCUT2D eigenvalue weighted by molar-refractivity contribution is 6.18. The molecule has 0 amide bonds. The van der Waals surface area contributed by atoms with Gasteiger partial charge in [-0.1, -0.05) is 18.2 Å². The third-order valence-corrected chi connectivity index (χ3v) is 6.73. The molecule has 5 aromatic rings. The van der Waals surface area contributed by atoms with Crippen LogP contribution in [0.15, 0.2) is 88.6 Å². The van der Waals surface area contributed by atoms with E-state index in [0.717, 1.165) is 16.7 Å². The molecule has 6 rings (SSSR count).